The summed E-state index contributed by atoms with van der Waals surface area (Å²) in [6.45, 7) is 1.77. The van der Waals surface area contributed by atoms with Crippen LogP contribution in [-0.4, -0.2) is 10.9 Å². The highest BCUT2D eigenvalue weighted by atomic mass is 16.4. The summed E-state index contributed by atoms with van der Waals surface area (Å²) in [5.74, 6) is -0.155. The molecule has 0 saturated heterocycles. The van der Waals surface area contributed by atoms with Crippen LogP contribution < -0.4 is 5.32 Å². The second-order valence-electron chi connectivity index (χ2n) is 2.73. The molecule has 0 unspecified atom stereocenters. The van der Waals surface area contributed by atoms with Crippen LogP contribution in [0.15, 0.2) is 33.5 Å². The molecule has 0 spiro atoms. The van der Waals surface area contributed by atoms with Crippen molar-refractivity contribution in [1.82, 2.24) is 4.98 Å². The molecule has 5 heteroatoms. The Hall–Kier alpha value is -2.04. The molecule has 0 atom stereocenters. The maximum absolute atomic E-state index is 11.4. The number of carbonyl (C=O) groups excluding carboxylic acids is 1. The van der Waals surface area contributed by atoms with Crippen molar-refractivity contribution >= 4 is 11.9 Å². The second-order valence-corrected chi connectivity index (χ2v) is 2.73. The van der Waals surface area contributed by atoms with Crippen molar-refractivity contribution in [2.24, 2.45) is 0 Å². The van der Waals surface area contributed by atoms with E-state index in [0.29, 0.717) is 5.69 Å². The minimum Gasteiger partial charge on any atom is -0.459 e. The lowest BCUT2D eigenvalue weighted by molar-refractivity contribution is 0.0994. The molecule has 2 heterocycles. The lowest BCUT2D eigenvalue weighted by Crippen LogP contribution is -2.10. The summed E-state index contributed by atoms with van der Waals surface area (Å²) in [6, 6.07) is 3.37. The zero-order chi connectivity index (χ0) is 9.97. The normalized spacial score (nSPS) is 10.1. The smallest absolute Gasteiger partial charge is 0.301 e. The predicted octanol–water partition coefficient (Wildman–Crippen LogP) is 1.83. The van der Waals surface area contributed by atoms with Crippen LogP contribution in [0.4, 0.5) is 6.01 Å². The van der Waals surface area contributed by atoms with Gasteiger partial charge < -0.3 is 8.83 Å². The zero-order valence-corrected chi connectivity index (χ0v) is 7.48. The van der Waals surface area contributed by atoms with E-state index in [0.717, 1.165) is 0 Å². The Morgan fingerprint density at radius 2 is 2.36 bits per heavy atom. The van der Waals surface area contributed by atoms with Gasteiger partial charge in [-0.15, -0.1) is 0 Å². The average Bonchev–Trinajstić information content (AvgIpc) is 2.75. The molecule has 0 bridgehead atoms. The van der Waals surface area contributed by atoms with Crippen LogP contribution >= 0.6 is 0 Å². The van der Waals surface area contributed by atoms with Gasteiger partial charge in [0.05, 0.1) is 12.0 Å². The number of rotatable bonds is 2. The molecule has 0 fully saturated rings. The van der Waals surface area contributed by atoms with E-state index >= 15 is 0 Å². The SMILES string of the molecule is Cc1coc(NC(=O)c2ccco2)n1. The zero-order valence-electron chi connectivity index (χ0n) is 7.48. The van der Waals surface area contributed by atoms with Gasteiger partial charge in [0.2, 0.25) is 0 Å². The Labute approximate surface area is 79.7 Å². The van der Waals surface area contributed by atoms with Crippen molar-refractivity contribution in [3.8, 4) is 0 Å². The quantitative estimate of drug-likeness (QED) is 0.788. The number of nitrogens with zero attached hydrogens (tertiary/aromatic N) is 1. The summed E-state index contributed by atoms with van der Waals surface area (Å²) in [5.41, 5.74) is 0.708. The van der Waals surface area contributed by atoms with Gasteiger partial charge in [-0.1, -0.05) is 0 Å². The van der Waals surface area contributed by atoms with E-state index in [1.807, 2.05) is 0 Å². The molecule has 0 radical (unpaired) electrons. The number of aryl methyl sites for hydroxylation is 1. The van der Waals surface area contributed by atoms with Gasteiger partial charge in [-0.2, -0.15) is 4.98 Å². The van der Waals surface area contributed by atoms with Crippen molar-refractivity contribution in [3.05, 3.63) is 36.1 Å². The summed E-state index contributed by atoms with van der Waals surface area (Å²) in [6.07, 6.45) is 2.88. The minimum atomic E-state index is -0.378. The third kappa shape index (κ3) is 1.66. The molecule has 5 nitrogen and oxygen atoms in total. The van der Waals surface area contributed by atoms with E-state index in [9.17, 15) is 4.79 Å². The predicted molar refractivity (Wildman–Crippen MR) is 47.9 cm³/mol. The van der Waals surface area contributed by atoms with Gasteiger partial charge in [0.25, 0.3) is 5.91 Å². The van der Waals surface area contributed by atoms with Crippen LogP contribution in [0.1, 0.15) is 16.2 Å². The number of carbonyl (C=O) groups is 1. The molecular weight excluding hydrogens is 184 g/mol. The molecule has 72 valence electrons. The van der Waals surface area contributed by atoms with Crippen LogP contribution in [0.2, 0.25) is 0 Å². The van der Waals surface area contributed by atoms with Gasteiger partial charge in [-0.05, 0) is 19.1 Å². The molecule has 14 heavy (non-hydrogen) atoms. The summed E-state index contributed by atoms with van der Waals surface area (Å²) in [7, 11) is 0. The van der Waals surface area contributed by atoms with Gasteiger partial charge >= 0.3 is 6.01 Å². The molecule has 0 aromatic carbocycles. The van der Waals surface area contributed by atoms with Crippen molar-refractivity contribution in [1.29, 1.82) is 0 Å². The van der Waals surface area contributed by atoms with Gasteiger partial charge in [0, 0.05) is 0 Å². The molecule has 0 aliphatic rings. The largest absolute Gasteiger partial charge is 0.459 e. The fourth-order valence-corrected chi connectivity index (χ4v) is 0.978. The summed E-state index contributed by atoms with van der Waals surface area (Å²) in [4.78, 5) is 15.3. The second kappa shape index (κ2) is 3.37. The molecule has 1 N–H and O–H groups in total. The monoisotopic (exact) mass is 192 g/mol. The van der Waals surface area contributed by atoms with Gasteiger partial charge in [-0.25, -0.2) is 0 Å². The van der Waals surface area contributed by atoms with Gasteiger partial charge in [0.1, 0.15) is 6.26 Å². The van der Waals surface area contributed by atoms with Crippen LogP contribution in [0.3, 0.4) is 0 Å². The van der Waals surface area contributed by atoms with E-state index in [-0.39, 0.29) is 17.7 Å². The number of hydrogen-bond donors (Lipinski definition) is 1. The molecule has 2 aromatic heterocycles. The van der Waals surface area contributed by atoms with Crippen molar-refractivity contribution in [2.75, 3.05) is 5.32 Å². The molecule has 2 aromatic rings. The van der Waals surface area contributed by atoms with Gasteiger partial charge in [-0.3, -0.25) is 10.1 Å². The topological polar surface area (TPSA) is 68.3 Å². The summed E-state index contributed by atoms with van der Waals surface area (Å²) < 4.78 is 9.84. The first-order valence-electron chi connectivity index (χ1n) is 4.03. The first-order valence-corrected chi connectivity index (χ1v) is 4.03. The van der Waals surface area contributed by atoms with Crippen LogP contribution in [-0.2, 0) is 0 Å². The number of anilines is 1. The number of aromatic nitrogens is 1. The summed E-state index contributed by atoms with van der Waals surface area (Å²) >= 11 is 0. The first kappa shape index (κ1) is 8.55. The molecule has 0 saturated carbocycles. The van der Waals surface area contributed by atoms with Crippen LogP contribution in [0.5, 0.6) is 0 Å². The lowest BCUT2D eigenvalue weighted by atomic mass is 10.4. The van der Waals surface area contributed by atoms with E-state index in [1.54, 1.807) is 19.1 Å². The molecular formula is C9H8N2O3. The van der Waals surface area contributed by atoms with Crippen LogP contribution in [0.25, 0.3) is 0 Å². The first-order chi connectivity index (χ1) is 6.75. The Kier molecular flexibility index (Phi) is 2.06. The number of nitrogens with one attached hydrogen (secondary N) is 1. The Bertz CT molecular complexity index is 431. The fraction of sp³-hybridized carbons (Fsp3) is 0.111. The van der Waals surface area contributed by atoms with E-state index in [4.69, 9.17) is 8.83 Å². The Morgan fingerprint density at radius 3 is 2.93 bits per heavy atom. The molecule has 1 amide bonds. The van der Waals surface area contributed by atoms with E-state index in [1.165, 1.54) is 12.5 Å². The van der Waals surface area contributed by atoms with E-state index in [2.05, 4.69) is 10.3 Å². The standard InChI is InChI=1S/C9H8N2O3/c1-6-5-14-9(10-6)11-8(12)7-3-2-4-13-7/h2-5H,1H3,(H,10,11,12). The van der Waals surface area contributed by atoms with Crippen LogP contribution in [0, 0.1) is 6.92 Å². The van der Waals surface area contributed by atoms with E-state index < -0.39 is 0 Å². The number of hydrogen-bond acceptors (Lipinski definition) is 4. The highest BCUT2D eigenvalue weighted by Gasteiger charge is 2.11. The number of furan rings is 1. The third-order valence-corrected chi connectivity index (χ3v) is 1.58. The maximum Gasteiger partial charge on any atom is 0.301 e. The highest BCUT2D eigenvalue weighted by Crippen LogP contribution is 2.08. The van der Waals surface area contributed by atoms with Crippen molar-refractivity contribution in [2.45, 2.75) is 6.92 Å². The maximum atomic E-state index is 11.4. The number of oxazole rings is 1. The lowest BCUT2D eigenvalue weighted by Gasteiger charge is -1.95. The number of amides is 1. The van der Waals surface area contributed by atoms with Crippen molar-refractivity contribution < 1.29 is 13.6 Å². The summed E-state index contributed by atoms with van der Waals surface area (Å²) in [5, 5.41) is 2.45. The minimum absolute atomic E-state index is 0.170. The third-order valence-electron chi connectivity index (χ3n) is 1.58. The fourth-order valence-electron chi connectivity index (χ4n) is 0.978. The Balaban J connectivity index is 2.09. The average molecular weight is 192 g/mol. The molecule has 2 rings (SSSR count). The Morgan fingerprint density at radius 1 is 1.50 bits per heavy atom. The van der Waals surface area contributed by atoms with Gasteiger partial charge in [0.15, 0.2) is 5.76 Å². The highest BCUT2D eigenvalue weighted by molar-refractivity contribution is 6.00. The molecule has 0 aliphatic carbocycles. The molecule has 0 aliphatic heterocycles. The van der Waals surface area contributed by atoms with Crippen molar-refractivity contribution in [3.63, 3.8) is 0 Å².